The van der Waals surface area contributed by atoms with E-state index in [0.717, 1.165) is 19.5 Å². The number of carbonyl (C=O) groups excluding carboxylic acids is 2. The molecule has 0 bridgehead atoms. The number of anilines is 1. The minimum absolute atomic E-state index is 0.0257. The minimum atomic E-state index is -1.48. The molecule has 2 aliphatic rings. The van der Waals surface area contributed by atoms with Crippen molar-refractivity contribution in [1.82, 2.24) is 4.90 Å². The molecule has 0 radical (unpaired) electrons. The quantitative estimate of drug-likeness (QED) is 0.753. The Morgan fingerprint density at radius 3 is 2.45 bits per heavy atom. The van der Waals surface area contributed by atoms with Gasteiger partial charge < -0.3 is 9.80 Å². The molecule has 0 spiro atoms. The molecule has 0 unspecified atom stereocenters. The Bertz CT molecular complexity index is 993. The molecule has 1 saturated heterocycles. The number of carbonyl (C=O) groups is 2. The number of benzene rings is 2. The minimum Gasteiger partial charge on any atom is -0.338 e. The van der Waals surface area contributed by atoms with Crippen molar-refractivity contribution in [3.63, 3.8) is 0 Å². The molecule has 6 heteroatoms. The highest BCUT2D eigenvalue weighted by Gasteiger charge is 2.32. The lowest BCUT2D eigenvalue weighted by atomic mass is 9.91. The maximum absolute atomic E-state index is 13.2. The van der Waals surface area contributed by atoms with Crippen LogP contribution in [0.2, 0.25) is 0 Å². The van der Waals surface area contributed by atoms with Gasteiger partial charge in [0.2, 0.25) is 0 Å². The Balaban J connectivity index is 1.76. The van der Waals surface area contributed by atoms with Gasteiger partial charge in [0, 0.05) is 25.2 Å². The first-order chi connectivity index (χ1) is 13.9. The summed E-state index contributed by atoms with van der Waals surface area (Å²) in [5, 5.41) is 0. The molecule has 0 N–H and O–H groups in total. The molecule has 0 saturated carbocycles. The van der Waals surface area contributed by atoms with Gasteiger partial charge in [0.05, 0.1) is 31.8 Å². The number of hydrogen-bond acceptors (Lipinski definition) is 3. The standard InChI is InChI=1S/C23H26N2O3S/c1-4-25-19-12-17(22(26)24-13-15(2)11-16(3)14-24)9-10-21(19)29(28)20-8-6-5-7-18(20)23(25)27/h5-10,12,15-16H,4,11,13-14H2,1-3H3/t15-,16-,29+/m0/s1. The Morgan fingerprint density at radius 1 is 1.07 bits per heavy atom. The largest absolute Gasteiger partial charge is 0.338 e. The Kier molecular flexibility index (Phi) is 5.30. The highest BCUT2D eigenvalue weighted by Crippen LogP contribution is 2.35. The van der Waals surface area contributed by atoms with Gasteiger partial charge in [0.25, 0.3) is 11.8 Å². The highest BCUT2D eigenvalue weighted by molar-refractivity contribution is 7.85. The third kappa shape index (κ3) is 3.50. The molecule has 0 aromatic heterocycles. The molecule has 2 heterocycles. The van der Waals surface area contributed by atoms with E-state index in [2.05, 4.69) is 13.8 Å². The Labute approximate surface area is 174 Å². The average Bonchev–Trinajstić information content (AvgIpc) is 2.80. The summed E-state index contributed by atoms with van der Waals surface area (Å²) in [4.78, 5) is 30.9. The van der Waals surface area contributed by atoms with Gasteiger partial charge in [-0.2, -0.15) is 0 Å². The Morgan fingerprint density at radius 2 is 1.76 bits per heavy atom. The lowest BCUT2D eigenvalue weighted by molar-refractivity contribution is 0.0623. The van der Waals surface area contributed by atoms with Crippen molar-refractivity contribution in [3.05, 3.63) is 53.6 Å². The van der Waals surface area contributed by atoms with E-state index in [1.807, 2.05) is 11.8 Å². The van der Waals surface area contributed by atoms with E-state index in [1.165, 1.54) is 0 Å². The third-order valence-corrected chi connectivity index (χ3v) is 7.23. The molecular formula is C23H26N2O3S. The average molecular weight is 411 g/mol. The van der Waals surface area contributed by atoms with Crippen molar-refractivity contribution in [2.75, 3.05) is 24.5 Å². The van der Waals surface area contributed by atoms with Crippen LogP contribution in [0.25, 0.3) is 0 Å². The van der Waals surface area contributed by atoms with Gasteiger partial charge >= 0.3 is 0 Å². The van der Waals surface area contributed by atoms with E-state index >= 15 is 0 Å². The van der Waals surface area contributed by atoms with E-state index in [4.69, 9.17) is 0 Å². The maximum Gasteiger partial charge on any atom is 0.259 e. The number of rotatable bonds is 2. The molecule has 1 fully saturated rings. The summed E-state index contributed by atoms with van der Waals surface area (Å²) in [6.45, 7) is 8.16. The lowest BCUT2D eigenvalue weighted by Crippen LogP contribution is -2.42. The molecule has 2 aromatic carbocycles. The van der Waals surface area contributed by atoms with E-state index < -0.39 is 10.8 Å². The van der Waals surface area contributed by atoms with Crippen molar-refractivity contribution in [3.8, 4) is 0 Å². The number of amides is 2. The van der Waals surface area contributed by atoms with Crippen molar-refractivity contribution < 1.29 is 13.8 Å². The van der Waals surface area contributed by atoms with E-state index in [1.54, 1.807) is 47.4 Å². The maximum atomic E-state index is 13.2. The van der Waals surface area contributed by atoms with Crippen LogP contribution >= 0.6 is 0 Å². The lowest BCUT2D eigenvalue weighted by Gasteiger charge is -2.35. The molecule has 2 aromatic rings. The van der Waals surface area contributed by atoms with Gasteiger partial charge in [0.1, 0.15) is 0 Å². The summed E-state index contributed by atoms with van der Waals surface area (Å²) >= 11 is 0. The van der Waals surface area contributed by atoms with Crippen molar-refractivity contribution >= 4 is 28.3 Å². The van der Waals surface area contributed by atoms with Crippen molar-refractivity contribution in [1.29, 1.82) is 0 Å². The first-order valence-electron chi connectivity index (χ1n) is 10.2. The number of nitrogens with zero attached hydrogens (tertiary/aromatic N) is 2. The van der Waals surface area contributed by atoms with Gasteiger partial charge in [0.15, 0.2) is 0 Å². The highest BCUT2D eigenvalue weighted by atomic mass is 32.2. The van der Waals surface area contributed by atoms with Crippen LogP contribution in [0, 0.1) is 11.8 Å². The number of piperidine rings is 1. The molecule has 29 heavy (non-hydrogen) atoms. The smallest absolute Gasteiger partial charge is 0.259 e. The first-order valence-corrected chi connectivity index (χ1v) is 11.3. The molecule has 152 valence electrons. The van der Waals surface area contributed by atoms with Gasteiger partial charge in [-0.1, -0.05) is 26.0 Å². The van der Waals surface area contributed by atoms with E-state index in [0.29, 0.717) is 45.0 Å². The molecule has 0 aliphatic carbocycles. The van der Waals surface area contributed by atoms with Crippen LogP contribution in [0.5, 0.6) is 0 Å². The van der Waals surface area contributed by atoms with Crippen LogP contribution in [-0.4, -0.2) is 40.6 Å². The predicted octanol–water partition coefficient (Wildman–Crippen LogP) is 3.95. The molecule has 2 amide bonds. The molecule has 3 atom stereocenters. The zero-order chi connectivity index (χ0) is 20.7. The zero-order valence-electron chi connectivity index (χ0n) is 17.1. The SMILES string of the molecule is CCN1C(=O)c2ccccc2[S@@](=O)c2ccc(C(=O)N3C[C@@H](C)C[C@H](C)C3)cc21. The van der Waals surface area contributed by atoms with Gasteiger partial charge in [-0.3, -0.25) is 9.59 Å². The second-order valence-corrected chi connectivity index (χ2v) is 9.57. The summed E-state index contributed by atoms with van der Waals surface area (Å²) in [7, 11) is -1.48. The zero-order valence-corrected chi connectivity index (χ0v) is 17.9. The molecule has 4 rings (SSSR count). The second-order valence-electron chi connectivity index (χ2n) is 8.15. The topological polar surface area (TPSA) is 57.7 Å². The number of likely N-dealkylation sites (tertiary alicyclic amines) is 1. The van der Waals surface area contributed by atoms with Crippen LogP contribution in [0.4, 0.5) is 5.69 Å². The molecule has 2 aliphatic heterocycles. The van der Waals surface area contributed by atoms with Gasteiger partial charge in [-0.25, -0.2) is 4.21 Å². The summed E-state index contributed by atoms with van der Waals surface area (Å²) < 4.78 is 13.2. The van der Waals surface area contributed by atoms with Gasteiger partial charge in [-0.05, 0) is 55.5 Å². The van der Waals surface area contributed by atoms with Crippen LogP contribution in [-0.2, 0) is 10.8 Å². The van der Waals surface area contributed by atoms with Crippen molar-refractivity contribution in [2.45, 2.75) is 37.0 Å². The van der Waals surface area contributed by atoms with Crippen LogP contribution < -0.4 is 4.90 Å². The fourth-order valence-electron chi connectivity index (χ4n) is 4.52. The van der Waals surface area contributed by atoms with Crippen LogP contribution in [0.1, 0.15) is 47.9 Å². The molecule has 5 nitrogen and oxygen atoms in total. The summed E-state index contributed by atoms with van der Waals surface area (Å²) in [6, 6.07) is 12.3. The third-order valence-electron chi connectivity index (χ3n) is 5.73. The van der Waals surface area contributed by atoms with E-state index in [-0.39, 0.29) is 11.8 Å². The summed E-state index contributed by atoms with van der Waals surface area (Å²) in [6.07, 6.45) is 1.13. The number of hydrogen-bond donors (Lipinski definition) is 0. The Hall–Kier alpha value is -2.47. The monoisotopic (exact) mass is 410 g/mol. The van der Waals surface area contributed by atoms with Crippen LogP contribution in [0.3, 0.4) is 0 Å². The fourth-order valence-corrected chi connectivity index (χ4v) is 5.87. The van der Waals surface area contributed by atoms with Crippen molar-refractivity contribution in [2.24, 2.45) is 11.8 Å². The second kappa shape index (κ2) is 7.75. The normalized spacial score (nSPS) is 24.0. The number of fused-ring (bicyclic) bond motifs is 2. The van der Waals surface area contributed by atoms with Gasteiger partial charge in [-0.15, -0.1) is 0 Å². The summed E-state index contributed by atoms with van der Waals surface area (Å²) in [5.74, 6) is 0.737. The predicted molar refractivity (Wildman–Crippen MR) is 114 cm³/mol. The van der Waals surface area contributed by atoms with Crippen LogP contribution in [0.15, 0.2) is 52.3 Å². The molecular weight excluding hydrogens is 384 g/mol. The summed E-state index contributed by atoms with van der Waals surface area (Å²) in [5.41, 5.74) is 1.56. The van der Waals surface area contributed by atoms with E-state index in [9.17, 15) is 13.8 Å². The first kappa shape index (κ1) is 19.8. The fraction of sp³-hybridized carbons (Fsp3) is 0.391.